The van der Waals surface area contributed by atoms with Crippen LogP contribution in [0.15, 0.2) is 0 Å². The highest BCUT2D eigenvalue weighted by Gasteiger charge is 2.21. The highest BCUT2D eigenvalue weighted by atomic mass is 32.1. The van der Waals surface area contributed by atoms with Crippen LogP contribution in [0.25, 0.3) is 0 Å². The summed E-state index contributed by atoms with van der Waals surface area (Å²) in [6.07, 6.45) is 23.4. The molecular formula is C27H48N2OS. The predicted octanol–water partition coefficient (Wildman–Crippen LogP) is 7.59. The van der Waals surface area contributed by atoms with Crippen LogP contribution in [0.5, 0.6) is 0 Å². The molecule has 1 aromatic heterocycles. The quantitative estimate of drug-likeness (QED) is 0.250. The largest absolute Gasteiger partial charge is 0.307 e. The van der Waals surface area contributed by atoms with E-state index in [9.17, 15) is 4.79 Å². The number of carbonyl (C=O) groups excluding carboxylic acids is 1. The molecule has 1 aromatic rings. The number of ketones is 1. The Kier molecular flexibility index (Phi) is 14.4. The molecule has 4 heteroatoms. The number of unbranched alkanes of at least 4 members (excludes halogenated alkanes) is 10. The van der Waals surface area contributed by atoms with Crippen LogP contribution in [-0.4, -0.2) is 23.4 Å². The first-order chi connectivity index (χ1) is 15.2. The number of nitrogens with zero attached hydrogens (tertiary/aromatic N) is 1. The Balaban J connectivity index is 1.87. The van der Waals surface area contributed by atoms with Gasteiger partial charge in [0.15, 0.2) is 5.78 Å². The van der Waals surface area contributed by atoms with Gasteiger partial charge >= 0.3 is 0 Å². The number of Topliss-reactive ketones (excluding diaryl/α,β-unsaturated/α-hetero) is 1. The third-order valence-corrected chi connectivity index (χ3v) is 7.78. The molecule has 3 nitrogen and oxygen atoms in total. The first-order valence-electron chi connectivity index (χ1n) is 13.5. The van der Waals surface area contributed by atoms with Gasteiger partial charge in [-0.25, -0.2) is 4.98 Å². The lowest BCUT2D eigenvalue weighted by Crippen LogP contribution is -2.36. The maximum absolute atomic E-state index is 12.9. The summed E-state index contributed by atoms with van der Waals surface area (Å²) in [5, 5.41) is 4.54. The van der Waals surface area contributed by atoms with E-state index in [0.29, 0.717) is 12.2 Å². The third-order valence-electron chi connectivity index (χ3n) is 6.62. The summed E-state index contributed by atoms with van der Waals surface area (Å²) < 4.78 is 0. The van der Waals surface area contributed by atoms with Crippen molar-refractivity contribution in [1.29, 1.82) is 0 Å². The lowest BCUT2D eigenvalue weighted by molar-refractivity contribution is -0.120. The highest BCUT2D eigenvalue weighted by molar-refractivity contribution is 7.11. The van der Waals surface area contributed by atoms with E-state index in [0.717, 1.165) is 30.8 Å². The van der Waals surface area contributed by atoms with Crippen molar-refractivity contribution in [3.8, 4) is 0 Å². The molecule has 31 heavy (non-hydrogen) atoms. The van der Waals surface area contributed by atoms with E-state index in [1.807, 2.05) is 11.3 Å². The van der Waals surface area contributed by atoms with E-state index in [1.165, 1.54) is 107 Å². The number of rotatable bonds is 17. The fourth-order valence-electron chi connectivity index (χ4n) is 4.62. The number of aromatic nitrogens is 1. The minimum Gasteiger partial charge on any atom is -0.307 e. The number of carbonyl (C=O) groups is 1. The van der Waals surface area contributed by atoms with Crippen molar-refractivity contribution >= 4 is 17.1 Å². The van der Waals surface area contributed by atoms with Gasteiger partial charge in [-0.15, -0.1) is 11.3 Å². The molecular weight excluding hydrogens is 400 g/mol. The molecule has 1 saturated heterocycles. The normalized spacial score (nSPS) is 17.0. The molecule has 1 aliphatic heterocycles. The molecule has 0 aliphatic carbocycles. The van der Waals surface area contributed by atoms with Crippen LogP contribution >= 0.6 is 11.3 Å². The average molecular weight is 449 g/mol. The molecule has 1 atom stereocenters. The van der Waals surface area contributed by atoms with Crippen molar-refractivity contribution in [2.24, 2.45) is 0 Å². The van der Waals surface area contributed by atoms with Crippen LogP contribution in [0.4, 0.5) is 0 Å². The molecule has 0 amide bonds. The van der Waals surface area contributed by atoms with Gasteiger partial charge in [0.1, 0.15) is 5.01 Å². The fourth-order valence-corrected chi connectivity index (χ4v) is 5.78. The zero-order valence-corrected chi connectivity index (χ0v) is 21.3. The Labute approximate surface area is 196 Å². The molecule has 1 unspecified atom stereocenters. The summed E-state index contributed by atoms with van der Waals surface area (Å²) in [5.74, 6) is 0.355. The lowest BCUT2D eigenvalue weighted by atomic mass is 10.0. The van der Waals surface area contributed by atoms with E-state index in [4.69, 9.17) is 4.98 Å². The second kappa shape index (κ2) is 16.8. The lowest BCUT2D eigenvalue weighted by Gasteiger charge is -2.13. The molecule has 2 heterocycles. The van der Waals surface area contributed by atoms with E-state index < -0.39 is 0 Å². The van der Waals surface area contributed by atoms with Crippen LogP contribution in [0, 0.1) is 0 Å². The van der Waals surface area contributed by atoms with Crippen LogP contribution in [0.2, 0.25) is 0 Å². The molecule has 0 aromatic carbocycles. The number of thiazole rings is 1. The number of hydrogen-bond donors (Lipinski definition) is 1. The Morgan fingerprint density at radius 1 is 0.871 bits per heavy atom. The van der Waals surface area contributed by atoms with Gasteiger partial charge in [-0.05, 0) is 45.1 Å². The first-order valence-corrected chi connectivity index (χ1v) is 14.3. The van der Waals surface area contributed by atoms with Gasteiger partial charge in [-0.2, -0.15) is 0 Å². The summed E-state index contributed by atoms with van der Waals surface area (Å²) in [4.78, 5) is 19.3. The molecule has 1 fully saturated rings. The van der Waals surface area contributed by atoms with Crippen molar-refractivity contribution in [3.05, 3.63) is 15.6 Å². The average Bonchev–Trinajstić information content (AvgIpc) is 2.96. The van der Waals surface area contributed by atoms with Crippen LogP contribution in [-0.2, 0) is 24.1 Å². The van der Waals surface area contributed by atoms with E-state index in [2.05, 4.69) is 19.2 Å². The van der Waals surface area contributed by atoms with Gasteiger partial charge in [0.25, 0.3) is 0 Å². The predicted molar refractivity (Wildman–Crippen MR) is 135 cm³/mol. The highest BCUT2D eigenvalue weighted by Crippen LogP contribution is 2.25. The Hall–Kier alpha value is -0.740. The molecule has 0 saturated carbocycles. The van der Waals surface area contributed by atoms with Gasteiger partial charge in [0, 0.05) is 4.88 Å². The Morgan fingerprint density at radius 3 is 2.23 bits per heavy atom. The van der Waals surface area contributed by atoms with Gasteiger partial charge in [-0.3, -0.25) is 4.79 Å². The van der Waals surface area contributed by atoms with Crippen molar-refractivity contribution in [1.82, 2.24) is 10.3 Å². The molecule has 0 spiro atoms. The standard InChI is InChI=1S/C27H48N2OS/c1-3-5-7-9-11-14-19-24-26(20-16-12-10-8-6-4-2)31-27(29-24)22-25(30)23-18-15-13-17-21-28-23/h23,28H,3-22H2,1-2H3. The molecule has 2 rings (SSSR count). The minimum atomic E-state index is 0.0513. The van der Waals surface area contributed by atoms with Crippen molar-refractivity contribution in [3.63, 3.8) is 0 Å². The molecule has 0 bridgehead atoms. The van der Waals surface area contributed by atoms with Crippen molar-refractivity contribution in [2.45, 2.75) is 142 Å². The topological polar surface area (TPSA) is 42.0 Å². The van der Waals surface area contributed by atoms with E-state index in [1.54, 1.807) is 0 Å². The molecule has 1 aliphatic rings. The molecule has 178 valence electrons. The van der Waals surface area contributed by atoms with Gasteiger partial charge in [-0.1, -0.05) is 90.9 Å². The SMILES string of the molecule is CCCCCCCCc1nc(CC(=O)C2CCCCCN2)sc1CCCCCCCC. The van der Waals surface area contributed by atoms with Crippen LogP contribution in [0.1, 0.15) is 132 Å². The van der Waals surface area contributed by atoms with Gasteiger partial charge in [0.05, 0.1) is 18.2 Å². The Bertz CT molecular complexity index is 557. The summed E-state index contributed by atoms with van der Waals surface area (Å²) in [6, 6.07) is 0.0513. The summed E-state index contributed by atoms with van der Waals surface area (Å²) >= 11 is 1.84. The van der Waals surface area contributed by atoms with Gasteiger partial charge in [0.2, 0.25) is 0 Å². The fraction of sp³-hybridized carbons (Fsp3) is 0.852. The van der Waals surface area contributed by atoms with Gasteiger partial charge < -0.3 is 5.32 Å². The van der Waals surface area contributed by atoms with Crippen LogP contribution < -0.4 is 5.32 Å². The van der Waals surface area contributed by atoms with Crippen molar-refractivity contribution in [2.75, 3.05) is 6.54 Å². The van der Waals surface area contributed by atoms with E-state index in [-0.39, 0.29) is 6.04 Å². The zero-order chi connectivity index (χ0) is 22.2. The monoisotopic (exact) mass is 448 g/mol. The summed E-state index contributed by atoms with van der Waals surface area (Å²) in [5.41, 5.74) is 1.31. The maximum Gasteiger partial charge on any atom is 0.156 e. The van der Waals surface area contributed by atoms with Crippen molar-refractivity contribution < 1.29 is 4.79 Å². The third kappa shape index (κ3) is 11.1. The molecule has 1 N–H and O–H groups in total. The second-order valence-corrected chi connectivity index (χ2v) is 10.7. The Morgan fingerprint density at radius 2 is 1.52 bits per heavy atom. The van der Waals surface area contributed by atoms with Crippen LogP contribution in [0.3, 0.4) is 0 Å². The minimum absolute atomic E-state index is 0.0513. The number of nitrogens with one attached hydrogen (secondary N) is 1. The zero-order valence-electron chi connectivity index (χ0n) is 20.5. The number of hydrogen-bond acceptors (Lipinski definition) is 4. The molecule has 0 radical (unpaired) electrons. The van der Waals surface area contributed by atoms with E-state index >= 15 is 0 Å². The maximum atomic E-state index is 12.9. The first kappa shape index (κ1) is 26.5. The second-order valence-electron chi connectivity index (χ2n) is 9.51. The smallest absolute Gasteiger partial charge is 0.156 e. The summed E-state index contributed by atoms with van der Waals surface area (Å²) in [7, 11) is 0. The summed E-state index contributed by atoms with van der Waals surface area (Å²) in [6.45, 7) is 5.54. The number of aryl methyl sites for hydroxylation is 2.